The van der Waals surface area contributed by atoms with E-state index in [0.717, 1.165) is 17.8 Å². The molecule has 1 aliphatic heterocycles. The van der Waals surface area contributed by atoms with Gasteiger partial charge in [-0.05, 0) is 0 Å². The summed E-state index contributed by atoms with van der Waals surface area (Å²) in [6.07, 6.45) is 0. The molecule has 0 aromatic heterocycles. The Bertz CT molecular complexity index is 94.4. The molecule has 4 heteroatoms. The Morgan fingerprint density at radius 2 is 2.33 bits per heavy atom. The molecule has 1 fully saturated rings. The Balaban J connectivity index is 2.35. The van der Waals surface area contributed by atoms with Crippen LogP contribution >= 0.6 is 12.0 Å². The van der Waals surface area contributed by atoms with Crippen LogP contribution in [0.25, 0.3) is 0 Å². The van der Waals surface area contributed by atoms with Gasteiger partial charge in [0.25, 0.3) is 0 Å². The second-order valence-electron chi connectivity index (χ2n) is 2.89. The highest BCUT2D eigenvalue weighted by Crippen LogP contribution is 2.30. The minimum absolute atomic E-state index is 0.137. The molecule has 0 saturated carbocycles. The zero-order valence-corrected chi connectivity index (χ0v) is 6.36. The number of hydrogen-bond donors (Lipinski definition) is 0. The fourth-order valence-electron chi connectivity index (χ4n) is 0.491. The lowest BCUT2D eigenvalue weighted by Crippen LogP contribution is -2.35. The molecular weight excluding hydrogens is 140 g/mol. The largest absolute Gasteiger partial charge is 0.469 e. The minimum Gasteiger partial charge on any atom is -0.469 e. The van der Waals surface area contributed by atoms with Crippen molar-refractivity contribution in [3.63, 3.8) is 0 Å². The van der Waals surface area contributed by atoms with Crippen LogP contribution in [-0.2, 0) is 9.00 Å². The van der Waals surface area contributed by atoms with E-state index >= 15 is 0 Å². The van der Waals surface area contributed by atoms with E-state index in [-0.39, 0.29) is 5.41 Å². The molecule has 0 atom stereocenters. The van der Waals surface area contributed by atoms with E-state index in [1.165, 1.54) is 4.11 Å². The van der Waals surface area contributed by atoms with Crippen molar-refractivity contribution in [1.29, 1.82) is 0 Å². The number of rotatable bonds is 0. The topological polar surface area (TPSA) is 35.0 Å². The highest BCUT2D eigenvalue weighted by atomic mass is 32.2. The fourth-order valence-corrected chi connectivity index (χ4v) is 1.11. The molecule has 0 radical (unpaired) electrons. The third kappa shape index (κ3) is 2.14. The van der Waals surface area contributed by atoms with Gasteiger partial charge in [-0.25, -0.2) is 0 Å². The standard InChI is InChI=1S/C5H10O3S/c1-5(2)3-7-8(6)9-4-5/h3-4H2,1-2H3. The van der Waals surface area contributed by atoms with Crippen LogP contribution in [0.4, 0.5) is 0 Å². The fraction of sp³-hybridized carbons (Fsp3) is 1.00. The van der Waals surface area contributed by atoms with Crippen LogP contribution in [0.15, 0.2) is 0 Å². The Labute approximate surface area is 58.7 Å². The smallest absolute Gasteiger partial charge is 0.239 e. The van der Waals surface area contributed by atoms with Gasteiger partial charge in [0, 0.05) is 5.41 Å². The van der Waals surface area contributed by atoms with Gasteiger partial charge in [0.05, 0.1) is 5.75 Å². The Morgan fingerprint density at radius 1 is 1.67 bits per heavy atom. The van der Waals surface area contributed by atoms with Gasteiger partial charge < -0.3 is 5.26 Å². The lowest BCUT2D eigenvalue weighted by molar-refractivity contribution is -0.845. The van der Waals surface area contributed by atoms with Gasteiger partial charge >= 0.3 is 0 Å². The molecule has 1 rings (SSSR count). The first-order chi connectivity index (χ1) is 4.10. The molecule has 0 amide bonds. The van der Waals surface area contributed by atoms with Crippen molar-refractivity contribution in [3.8, 4) is 0 Å². The van der Waals surface area contributed by atoms with Gasteiger partial charge in [0.2, 0.25) is 12.0 Å². The molecule has 9 heavy (non-hydrogen) atoms. The predicted octanol–water partition coefficient (Wildman–Crippen LogP) is 0.434. The van der Waals surface area contributed by atoms with E-state index in [1.54, 1.807) is 0 Å². The Morgan fingerprint density at radius 3 is 2.67 bits per heavy atom. The van der Waals surface area contributed by atoms with Crippen molar-refractivity contribution in [2.75, 3.05) is 12.4 Å². The summed E-state index contributed by atoms with van der Waals surface area (Å²) in [5.41, 5.74) is 0.137. The van der Waals surface area contributed by atoms with Crippen molar-refractivity contribution >= 4 is 12.0 Å². The first-order valence-electron chi connectivity index (χ1n) is 2.78. The van der Waals surface area contributed by atoms with Crippen LogP contribution < -0.4 is 5.26 Å². The van der Waals surface area contributed by atoms with E-state index in [9.17, 15) is 5.26 Å². The first-order valence-corrected chi connectivity index (χ1v) is 3.70. The van der Waals surface area contributed by atoms with Crippen LogP contribution in [0.1, 0.15) is 13.8 Å². The van der Waals surface area contributed by atoms with Crippen LogP contribution in [0.5, 0.6) is 0 Å². The van der Waals surface area contributed by atoms with Gasteiger partial charge in [-0.3, -0.25) is 0 Å². The second kappa shape index (κ2) is 2.46. The Hall–Kier alpha value is 0.230. The Kier molecular flexibility index (Phi) is 2.00. The molecule has 1 heterocycles. The highest BCUT2D eigenvalue weighted by Gasteiger charge is 2.30. The second-order valence-corrected chi connectivity index (χ2v) is 3.69. The molecule has 54 valence electrons. The molecule has 3 nitrogen and oxygen atoms in total. The summed E-state index contributed by atoms with van der Waals surface area (Å²) in [5.74, 6) is 0.807. The van der Waals surface area contributed by atoms with Crippen molar-refractivity contribution in [2.24, 2.45) is 5.41 Å². The molecule has 1 aliphatic rings. The zero-order chi connectivity index (χ0) is 6.91. The maximum atomic E-state index is 10.3. The summed E-state index contributed by atoms with van der Waals surface area (Å²) in [6.45, 7) is 4.62. The van der Waals surface area contributed by atoms with Crippen molar-refractivity contribution in [1.82, 2.24) is 0 Å². The van der Waals surface area contributed by atoms with Gasteiger partial charge in [-0.1, -0.05) is 18.7 Å². The summed E-state index contributed by atoms with van der Waals surface area (Å²) in [4.78, 5) is 4.65. The number of hydrogen-bond acceptors (Lipinski definition) is 3. The minimum atomic E-state index is 0.137. The summed E-state index contributed by atoms with van der Waals surface area (Å²) < 4.78 is 1.28. The van der Waals surface area contributed by atoms with E-state index in [1.807, 2.05) is 0 Å². The molecule has 0 spiro atoms. The van der Waals surface area contributed by atoms with Gasteiger partial charge in [-0.15, -0.1) is 0 Å². The average molecular weight is 150 g/mol. The molecule has 0 N–H and O–H groups in total. The summed E-state index contributed by atoms with van der Waals surface area (Å²) in [7, 11) is 0. The normalized spacial score (nSPS) is 28.3. The lowest BCUT2D eigenvalue weighted by Gasteiger charge is -2.28. The first kappa shape index (κ1) is 7.34. The van der Waals surface area contributed by atoms with Gasteiger partial charge in [-0.2, -0.15) is 4.11 Å². The van der Waals surface area contributed by atoms with Crippen molar-refractivity contribution in [2.45, 2.75) is 13.8 Å². The van der Waals surface area contributed by atoms with E-state index in [4.69, 9.17) is 0 Å². The maximum Gasteiger partial charge on any atom is 0.239 e. The van der Waals surface area contributed by atoms with Gasteiger partial charge in [0.15, 0.2) is 0 Å². The SMILES string of the molecule is CC1(C)CO[O+]([O-])SC1. The predicted molar refractivity (Wildman–Crippen MR) is 33.3 cm³/mol. The summed E-state index contributed by atoms with van der Waals surface area (Å²) in [5, 5.41) is 10.3. The van der Waals surface area contributed by atoms with E-state index < -0.39 is 0 Å². The molecule has 1 saturated heterocycles. The third-order valence-corrected chi connectivity index (χ3v) is 2.28. The van der Waals surface area contributed by atoms with Crippen LogP contribution in [0, 0.1) is 5.41 Å². The molecule has 0 unspecified atom stereocenters. The van der Waals surface area contributed by atoms with Crippen molar-refractivity contribution in [3.05, 3.63) is 0 Å². The van der Waals surface area contributed by atoms with Crippen LogP contribution in [0.2, 0.25) is 0 Å². The van der Waals surface area contributed by atoms with E-state index in [0.29, 0.717) is 6.61 Å². The molecule has 0 aromatic rings. The monoisotopic (exact) mass is 150 g/mol. The highest BCUT2D eigenvalue weighted by molar-refractivity contribution is 7.94. The quantitative estimate of drug-likeness (QED) is 0.285. The van der Waals surface area contributed by atoms with Crippen LogP contribution in [0.3, 0.4) is 0 Å². The zero-order valence-electron chi connectivity index (χ0n) is 5.55. The molecular formula is C5H10O3S. The van der Waals surface area contributed by atoms with Gasteiger partial charge in [0.1, 0.15) is 6.61 Å². The third-order valence-electron chi connectivity index (χ3n) is 1.09. The van der Waals surface area contributed by atoms with Crippen molar-refractivity contribution < 1.29 is 14.3 Å². The average Bonchev–Trinajstić information content (AvgIpc) is 1.78. The van der Waals surface area contributed by atoms with E-state index in [2.05, 4.69) is 18.7 Å². The summed E-state index contributed by atoms with van der Waals surface area (Å²) >= 11 is 1.10. The molecule has 0 aliphatic carbocycles. The summed E-state index contributed by atoms with van der Waals surface area (Å²) in [6, 6.07) is 0. The molecule has 0 aromatic carbocycles. The van der Waals surface area contributed by atoms with Crippen LogP contribution in [-0.4, -0.2) is 12.4 Å². The lowest BCUT2D eigenvalue weighted by atomic mass is 9.98. The maximum absolute atomic E-state index is 10.3. The molecule has 0 bridgehead atoms.